The van der Waals surface area contributed by atoms with Crippen molar-refractivity contribution in [2.24, 2.45) is 0 Å². The molecule has 0 N–H and O–H groups in total. The van der Waals surface area contributed by atoms with Gasteiger partial charge in [-0.3, -0.25) is 4.98 Å². The molecular formula is C96H58N8. The number of pyridine rings is 1. The molecule has 482 valence electrons. The highest BCUT2D eigenvalue weighted by atomic mass is 15.0. The molecule has 104 heavy (non-hydrogen) atoms. The third-order valence-electron chi connectivity index (χ3n) is 22.0. The van der Waals surface area contributed by atoms with E-state index in [1.165, 1.54) is 87.2 Å². The van der Waals surface area contributed by atoms with Crippen LogP contribution in [0.15, 0.2) is 352 Å². The van der Waals surface area contributed by atoms with Crippen molar-refractivity contribution in [3.8, 4) is 73.6 Å². The van der Waals surface area contributed by atoms with Crippen LogP contribution in [-0.2, 0) is 0 Å². The molecular weight excluding hydrogens is 1270 g/mol. The van der Waals surface area contributed by atoms with E-state index in [4.69, 9.17) is 0 Å². The quantitative estimate of drug-likeness (QED) is 0.145. The number of rotatable bonds is 9. The van der Waals surface area contributed by atoms with Gasteiger partial charge in [0.15, 0.2) is 0 Å². The first kappa shape index (κ1) is 57.6. The summed E-state index contributed by atoms with van der Waals surface area (Å²) in [5.41, 5.74) is 26.3. The van der Waals surface area contributed by atoms with E-state index in [1.54, 1.807) is 0 Å². The molecule has 0 unspecified atom stereocenters. The highest BCUT2D eigenvalue weighted by Gasteiger charge is 2.24. The largest absolute Gasteiger partial charge is 0.309 e. The van der Waals surface area contributed by atoms with E-state index in [0.717, 1.165) is 111 Å². The molecule has 22 rings (SSSR count). The van der Waals surface area contributed by atoms with Crippen LogP contribution in [-0.4, -0.2) is 32.4 Å². The Balaban J connectivity index is 0.689. The Bertz CT molecular complexity index is 6440. The third kappa shape index (κ3) is 8.44. The van der Waals surface area contributed by atoms with Crippen LogP contribution < -0.4 is 0 Å². The predicted molar refractivity (Wildman–Crippen MR) is 431 cm³/mol. The van der Waals surface area contributed by atoms with E-state index >= 15 is 0 Å². The maximum atomic E-state index is 11.6. The smallest absolute Gasteiger partial charge is 0.100 e. The van der Waals surface area contributed by atoms with Gasteiger partial charge in [-0.05, 0) is 192 Å². The van der Waals surface area contributed by atoms with Gasteiger partial charge in [-0.25, -0.2) is 0 Å². The van der Waals surface area contributed by atoms with Crippen molar-refractivity contribution in [2.75, 3.05) is 0 Å². The average molecular weight is 1320 g/mol. The topological polar surface area (TPSA) is 66.3 Å². The Morgan fingerprint density at radius 3 is 0.663 bits per heavy atom. The molecule has 0 aliphatic carbocycles. The zero-order chi connectivity index (χ0) is 68.3. The maximum Gasteiger partial charge on any atom is 0.100 e. The lowest BCUT2D eigenvalue weighted by Crippen LogP contribution is -1.98. The molecule has 0 amide bonds. The van der Waals surface area contributed by atoms with Gasteiger partial charge in [0.1, 0.15) is 6.07 Å². The van der Waals surface area contributed by atoms with E-state index in [2.05, 4.69) is 366 Å². The summed E-state index contributed by atoms with van der Waals surface area (Å²) in [6, 6.07) is 126. The molecule has 0 spiro atoms. The summed E-state index contributed by atoms with van der Waals surface area (Å²) in [6.07, 6.45) is 3.67. The van der Waals surface area contributed by atoms with E-state index in [0.29, 0.717) is 5.56 Å². The van der Waals surface area contributed by atoms with Crippen LogP contribution in [0.1, 0.15) is 5.56 Å². The average Bonchev–Trinajstić information content (AvgIpc) is 1.58. The van der Waals surface area contributed by atoms with E-state index in [9.17, 15) is 5.26 Å². The van der Waals surface area contributed by atoms with Crippen LogP contribution in [0.5, 0.6) is 0 Å². The van der Waals surface area contributed by atoms with Gasteiger partial charge in [-0.1, -0.05) is 170 Å². The van der Waals surface area contributed by atoms with E-state index in [-0.39, 0.29) is 0 Å². The predicted octanol–water partition coefficient (Wildman–Crippen LogP) is 24.5. The minimum Gasteiger partial charge on any atom is -0.309 e. The summed E-state index contributed by atoms with van der Waals surface area (Å²) in [4.78, 5) is 4.43. The number of fused-ring (bicyclic) bond motifs is 18. The van der Waals surface area contributed by atoms with E-state index in [1.807, 2.05) is 24.5 Å². The Hall–Kier alpha value is -14.3. The second-order valence-corrected chi connectivity index (χ2v) is 27.3. The maximum absolute atomic E-state index is 11.6. The summed E-state index contributed by atoms with van der Waals surface area (Å²) in [6.45, 7) is 0. The summed E-state index contributed by atoms with van der Waals surface area (Å²) in [5, 5.41) is 26.0. The molecule has 7 heterocycles. The second-order valence-electron chi connectivity index (χ2n) is 27.3. The molecule has 0 radical (unpaired) electrons. The number of nitriles is 1. The van der Waals surface area contributed by atoms with Gasteiger partial charge in [0, 0.05) is 122 Å². The lowest BCUT2D eigenvalue weighted by atomic mass is 9.88. The zero-order valence-corrected chi connectivity index (χ0v) is 56.1. The minimum atomic E-state index is 0.599. The van der Waals surface area contributed by atoms with Gasteiger partial charge >= 0.3 is 0 Å². The first-order valence-corrected chi connectivity index (χ1v) is 35.4. The summed E-state index contributed by atoms with van der Waals surface area (Å²) < 4.78 is 14.4. The molecule has 8 heteroatoms. The lowest BCUT2D eigenvalue weighted by Gasteiger charge is -2.16. The highest BCUT2D eigenvalue weighted by Crippen LogP contribution is 2.45. The van der Waals surface area contributed by atoms with Crippen molar-refractivity contribution < 1.29 is 0 Å². The number of aromatic nitrogens is 7. The molecule has 8 nitrogen and oxygen atoms in total. The molecule has 15 aromatic carbocycles. The normalized spacial score (nSPS) is 12.0. The van der Waals surface area contributed by atoms with Crippen LogP contribution in [0.4, 0.5) is 0 Å². The Labute approximate surface area is 596 Å². The number of nitrogens with zero attached hydrogens (tertiary/aromatic N) is 8. The van der Waals surface area contributed by atoms with Crippen LogP contribution in [0.2, 0.25) is 0 Å². The summed E-state index contributed by atoms with van der Waals surface area (Å²) in [7, 11) is 0. The fraction of sp³-hybridized carbons (Fsp3) is 0. The van der Waals surface area contributed by atoms with Crippen molar-refractivity contribution in [1.29, 1.82) is 5.26 Å². The van der Waals surface area contributed by atoms with Crippen molar-refractivity contribution in [3.05, 3.63) is 358 Å². The lowest BCUT2D eigenvalue weighted by molar-refractivity contribution is 1.16. The molecule has 0 atom stereocenters. The Morgan fingerprint density at radius 2 is 0.413 bits per heavy atom. The molecule has 0 aliphatic rings. The third-order valence-corrected chi connectivity index (χ3v) is 22.0. The second kappa shape index (κ2) is 22.4. The number of benzene rings is 15. The Morgan fingerprint density at radius 1 is 0.192 bits per heavy atom. The van der Waals surface area contributed by atoms with Crippen LogP contribution in [0.3, 0.4) is 0 Å². The SMILES string of the molecule is N#Cc1c(-c2ccc(-n3c4ccc(-n5c6ccccc6c6ccccc65)cc4c4cc(-n5c6ccccc6c6ccccc65)ccc43)cc2)cc(-c2ccncc2)cc1-c1ccc(-n2c3ccc(-n4c5ccccc5c5ccccc54)cc3c3cc(-n4c5ccccc5c5ccccc54)ccc32)cc1. The van der Waals surface area contributed by atoms with Gasteiger partial charge in [0.05, 0.1) is 71.8 Å². The molecule has 0 saturated carbocycles. The van der Waals surface area contributed by atoms with E-state index < -0.39 is 0 Å². The Kier molecular flexibility index (Phi) is 12.4. The van der Waals surface area contributed by atoms with Crippen LogP contribution in [0.25, 0.3) is 198 Å². The van der Waals surface area contributed by atoms with Crippen molar-refractivity contribution in [3.63, 3.8) is 0 Å². The van der Waals surface area contributed by atoms with Gasteiger partial charge in [-0.15, -0.1) is 0 Å². The minimum absolute atomic E-state index is 0.599. The molecule has 0 fully saturated rings. The summed E-state index contributed by atoms with van der Waals surface area (Å²) >= 11 is 0. The van der Waals surface area contributed by atoms with Crippen molar-refractivity contribution >= 4 is 131 Å². The first-order chi connectivity index (χ1) is 51.6. The number of hydrogen-bond acceptors (Lipinski definition) is 2. The van der Waals surface area contributed by atoms with Crippen molar-refractivity contribution in [1.82, 2.24) is 32.4 Å². The molecule has 0 bridgehead atoms. The van der Waals surface area contributed by atoms with Gasteiger partial charge in [-0.2, -0.15) is 5.26 Å². The van der Waals surface area contributed by atoms with Gasteiger partial charge in [0.2, 0.25) is 0 Å². The van der Waals surface area contributed by atoms with Gasteiger partial charge in [0.25, 0.3) is 0 Å². The fourth-order valence-corrected chi connectivity index (χ4v) is 17.4. The highest BCUT2D eigenvalue weighted by molar-refractivity contribution is 6.17. The standard InChI is InChI=1S/C96H58N8/c97-59-84-78(61-33-37-64(38-34-61)99-93-45-41-66(101-85-25-9-1-17-70(85)71-18-2-10-26-86(71)101)55-80(93)81-56-67(42-46-94(81)99)102-87-27-11-3-19-72(87)73-20-4-12-28-88(73)102)53-63(60-49-51-98-52-50-60)54-79(84)62-35-39-65(40-36-62)100-95-47-43-68(103-89-29-13-5-21-74(89)75-22-6-14-30-90(75)103)57-82(95)83-58-69(44-48-96(83)100)104-91-31-15-7-23-76(91)77-24-8-16-32-92(77)104/h1-58H. The zero-order valence-electron chi connectivity index (χ0n) is 56.1. The van der Waals surface area contributed by atoms with Crippen LogP contribution in [0, 0.1) is 11.3 Å². The molecule has 7 aromatic heterocycles. The number of para-hydroxylation sites is 8. The van der Waals surface area contributed by atoms with Crippen LogP contribution >= 0.6 is 0 Å². The monoisotopic (exact) mass is 1320 g/mol. The van der Waals surface area contributed by atoms with Crippen molar-refractivity contribution in [2.45, 2.75) is 0 Å². The fourth-order valence-electron chi connectivity index (χ4n) is 17.4. The van der Waals surface area contributed by atoms with Gasteiger partial charge < -0.3 is 27.4 Å². The summed E-state index contributed by atoms with van der Waals surface area (Å²) in [5.74, 6) is 0. The first-order valence-electron chi connectivity index (χ1n) is 35.4. The molecule has 22 aromatic rings. The molecule has 0 saturated heterocycles. The molecule has 0 aliphatic heterocycles. The number of hydrogen-bond donors (Lipinski definition) is 0.